The molecule has 1 heterocycles. The van der Waals surface area contributed by atoms with E-state index in [1.54, 1.807) is 26.6 Å². The first-order chi connectivity index (χ1) is 10.3. The Labute approximate surface area is 125 Å². The van der Waals surface area contributed by atoms with Gasteiger partial charge < -0.3 is 14.8 Å². The number of ether oxygens (including phenoxy) is 2. The van der Waals surface area contributed by atoms with Crippen molar-refractivity contribution in [1.29, 1.82) is 0 Å². The minimum atomic E-state index is 0.523. The van der Waals surface area contributed by atoms with Crippen LogP contribution in [0.3, 0.4) is 0 Å². The number of nitrogens with zero attached hydrogens (tertiary/aromatic N) is 2. The zero-order valence-corrected chi connectivity index (χ0v) is 12.7. The van der Waals surface area contributed by atoms with Gasteiger partial charge in [0.2, 0.25) is 5.88 Å². The van der Waals surface area contributed by atoms with Gasteiger partial charge in [0.15, 0.2) is 0 Å². The molecule has 0 aliphatic carbocycles. The Bertz CT molecular complexity index is 587. The molecular formula is C16H21N3O2. The van der Waals surface area contributed by atoms with Crippen LogP contribution in [0.2, 0.25) is 0 Å². The Kier molecular flexibility index (Phi) is 5.51. The molecule has 0 spiro atoms. The minimum absolute atomic E-state index is 0.523. The van der Waals surface area contributed by atoms with E-state index in [1.165, 1.54) is 0 Å². The molecule has 5 nitrogen and oxygen atoms in total. The number of rotatable bonds is 7. The maximum Gasteiger partial charge on any atom is 0.240 e. The van der Waals surface area contributed by atoms with Crippen molar-refractivity contribution in [3.05, 3.63) is 36.2 Å². The van der Waals surface area contributed by atoms with Crippen molar-refractivity contribution in [2.45, 2.75) is 19.9 Å². The number of benzene rings is 1. The van der Waals surface area contributed by atoms with Gasteiger partial charge in [-0.1, -0.05) is 6.92 Å². The summed E-state index contributed by atoms with van der Waals surface area (Å²) in [5.41, 5.74) is 2.80. The summed E-state index contributed by atoms with van der Waals surface area (Å²) in [6, 6.07) is 5.98. The predicted octanol–water partition coefficient (Wildman–Crippen LogP) is 2.66. The average Bonchev–Trinajstić information content (AvgIpc) is 2.55. The zero-order valence-electron chi connectivity index (χ0n) is 12.7. The molecule has 0 atom stereocenters. The van der Waals surface area contributed by atoms with Crippen molar-refractivity contribution in [2.24, 2.45) is 0 Å². The summed E-state index contributed by atoms with van der Waals surface area (Å²) in [5.74, 6) is 1.39. The van der Waals surface area contributed by atoms with Crippen molar-refractivity contribution in [3.8, 4) is 22.9 Å². The van der Waals surface area contributed by atoms with E-state index in [-0.39, 0.29) is 0 Å². The molecule has 0 amide bonds. The highest BCUT2D eigenvalue weighted by molar-refractivity contribution is 5.66. The lowest BCUT2D eigenvalue weighted by molar-refractivity contribution is 0.397. The Morgan fingerprint density at radius 3 is 2.62 bits per heavy atom. The minimum Gasteiger partial charge on any atom is -0.496 e. The van der Waals surface area contributed by atoms with E-state index < -0.39 is 0 Å². The fraction of sp³-hybridized carbons (Fsp3) is 0.375. The molecule has 2 aromatic rings. The molecule has 0 saturated carbocycles. The van der Waals surface area contributed by atoms with Gasteiger partial charge in [0.1, 0.15) is 11.4 Å². The van der Waals surface area contributed by atoms with E-state index in [2.05, 4.69) is 28.3 Å². The van der Waals surface area contributed by atoms with Crippen molar-refractivity contribution >= 4 is 0 Å². The first kappa shape index (κ1) is 15.3. The fourth-order valence-corrected chi connectivity index (χ4v) is 2.14. The Morgan fingerprint density at radius 2 is 1.90 bits per heavy atom. The van der Waals surface area contributed by atoms with Crippen LogP contribution in [0.4, 0.5) is 0 Å². The molecule has 21 heavy (non-hydrogen) atoms. The highest BCUT2D eigenvalue weighted by atomic mass is 16.5. The van der Waals surface area contributed by atoms with Crippen molar-refractivity contribution < 1.29 is 9.47 Å². The van der Waals surface area contributed by atoms with E-state index >= 15 is 0 Å². The molecule has 0 unspecified atom stereocenters. The summed E-state index contributed by atoms with van der Waals surface area (Å²) < 4.78 is 10.7. The second kappa shape index (κ2) is 7.59. The molecule has 1 aromatic carbocycles. The van der Waals surface area contributed by atoms with Gasteiger partial charge in [-0.05, 0) is 31.2 Å². The summed E-state index contributed by atoms with van der Waals surface area (Å²) in [7, 11) is 3.28. The second-order valence-corrected chi connectivity index (χ2v) is 4.62. The summed E-state index contributed by atoms with van der Waals surface area (Å²) >= 11 is 0. The molecule has 112 valence electrons. The molecule has 0 aliphatic rings. The molecule has 0 saturated heterocycles. The van der Waals surface area contributed by atoms with Crippen LogP contribution in [0.1, 0.15) is 18.9 Å². The lowest BCUT2D eigenvalue weighted by atomic mass is 10.1. The van der Waals surface area contributed by atoms with Gasteiger partial charge in [-0.15, -0.1) is 0 Å². The summed E-state index contributed by atoms with van der Waals surface area (Å²) in [4.78, 5) is 8.55. The number of nitrogens with one attached hydrogen (secondary N) is 1. The van der Waals surface area contributed by atoms with Gasteiger partial charge in [-0.25, -0.2) is 9.97 Å². The van der Waals surface area contributed by atoms with E-state index in [0.29, 0.717) is 5.88 Å². The number of methoxy groups -OCH3 is 2. The first-order valence-corrected chi connectivity index (χ1v) is 7.03. The Hall–Kier alpha value is -2.14. The van der Waals surface area contributed by atoms with Crippen LogP contribution >= 0.6 is 0 Å². The van der Waals surface area contributed by atoms with Crippen LogP contribution in [0.15, 0.2) is 30.6 Å². The van der Waals surface area contributed by atoms with Gasteiger partial charge in [-0.2, -0.15) is 0 Å². The Balaban J connectivity index is 2.34. The number of aromatic nitrogens is 2. The van der Waals surface area contributed by atoms with Crippen LogP contribution in [-0.2, 0) is 6.54 Å². The average molecular weight is 287 g/mol. The Morgan fingerprint density at radius 1 is 1.10 bits per heavy atom. The van der Waals surface area contributed by atoms with Crippen LogP contribution in [0.25, 0.3) is 11.3 Å². The third kappa shape index (κ3) is 3.70. The van der Waals surface area contributed by atoms with E-state index in [9.17, 15) is 0 Å². The second-order valence-electron chi connectivity index (χ2n) is 4.62. The maximum atomic E-state index is 5.42. The maximum absolute atomic E-state index is 5.42. The number of hydrogen-bond donors (Lipinski definition) is 1. The largest absolute Gasteiger partial charge is 0.496 e. The van der Waals surface area contributed by atoms with Gasteiger partial charge in [-0.3, -0.25) is 0 Å². The van der Waals surface area contributed by atoms with E-state index in [4.69, 9.17) is 9.47 Å². The molecule has 0 fully saturated rings. The van der Waals surface area contributed by atoms with Crippen molar-refractivity contribution in [3.63, 3.8) is 0 Å². The van der Waals surface area contributed by atoms with Crippen molar-refractivity contribution in [1.82, 2.24) is 15.3 Å². The lowest BCUT2D eigenvalue weighted by Gasteiger charge is -2.12. The fourth-order valence-electron chi connectivity index (χ4n) is 2.14. The van der Waals surface area contributed by atoms with Gasteiger partial charge in [0.05, 0.1) is 14.2 Å². The summed E-state index contributed by atoms with van der Waals surface area (Å²) in [6.45, 7) is 3.88. The molecular weight excluding hydrogens is 266 g/mol. The molecule has 5 heteroatoms. The van der Waals surface area contributed by atoms with Crippen LogP contribution in [0.5, 0.6) is 11.6 Å². The third-order valence-electron chi connectivity index (χ3n) is 3.15. The quantitative estimate of drug-likeness (QED) is 0.793. The van der Waals surface area contributed by atoms with Crippen LogP contribution in [0, 0.1) is 0 Å². The standard InChI is InChI=1S/C16H21N3O2/c1-4-7-17-11-13-10-12(5-6-14(13)20-2)15-16(21-3)19-9-8-18-15/h5-6,8-10,17H,4,7,11H2,1-3H3. The number of hydrogen-bond acceptors (Lipinski definition) is 5. The van der Waals surface area contributed by atoms with E-state index in [1.807, 2.05) is 12.1 Å². The lowest BCUT2D eigenvalue weighted by Crippen LogP contribution is -2.14. The van der Waals surface area contributed by atoms with Gasteiger partial charge in [0, 0.05) is 30.1 Å². The highest BCUT2D eigenvalue weighted by Gasteiger charge is 2.11. The zero-order chi connectivity index (χ0) is 15.1. The van der Waals surface area contributed by atoms with E-state index in [0.717, 1.165) is 42.1 Å². The van der Waals surface area contributed by atoms with Crippen molar-refractivity contribution in [2.75, 3.05) is 20.8 Å². The molecule has 0 aliphatic heterocycles. The van der Waals surface area contributed by atoms with Gasteiger partial charge in [0.25, 0.3) is 0 Å². The first-order valence-electron chi connectivity index (χ1n) is 7.03. The smallest absolute Gasteiger partial charge is 0.240 e. The highest BCUT2D eigenvalue weighted by Crippen LogP contribution is 2.29. The van der Waals surface area contributed by atoms with Crippen LogP contribution < -0.4 is 14.8 Å². The molecule has 0 radical (unpaired) electrons. The summed E-state index contributed by atoms with van der Waals surface area (Å²) in [6.07, 6.45) is 4.38. The molecule has 0 bridgehead atoms. The van der Waals surface area contributed by atoms with Gasteiger partial charge >= 0.3 is 0 Å². The normalized spacial score (nSPS) is 10.4. The molecule has 2 rings (SSSR count). The summed E-state index contributed by atoms with van der Waals surface area (Å²) in [5, 5.41) is 3.39. The predicted molar refractivity (Wildman–Crippen MR) is 82.6 cm³/mol. The third-order valence-corrected chi connectivity index (χ3v) is 3.15. The topological polar surface area (TPSA) is 56.3 Å². The monoisotopic (exact) mass is 287 g/mol. The molecule has 1 aromatic heterocycles. The van der Waals surface area contributed by atoms with Crippen LogP contribution in [-0.4, -0.2) is 30.7 Å². The molecule has 1 N–H and O–H groups in total. The SMILES string of the molecule is CCCNCc1cc(-c2nccnc2OC)ccc1OC.